The zero-order chi connectivity index (χ0) is 12.0. The first-order chi connectivity index (χ1) is 7.67. The van der Waals surface area contributed by atoms with E-state index in [1.165, 1.54) is 0 Å². The first-order valence-electron chi connectivity index (χ1n) is 5.28. The summed E-state index contributed by atoms with van der Waals surface area (Å²) in [6, 6.07) is 5.99. The van der Waals surface area contributed by atoms with E-state index < -0.39 is 0 Å². The lowest BCUT2D eigenvalue weighted by atomic mass is 10.0. The summed E-state index contributed by atoms with van der Waals surface area (Å²) in [6.07, 6.45) is 6.92. The van der Waals surface area contributed by atoms with Crippen LogP contribution in [0.2, 0.25) is 10.0 Å². The van der Waals surface area contributed by atoms with Crippen molar-refractivity contribution >= 4 is 23.2 Å². The largest absolute Gasteiger partial charge is 0.313 e. The quantitative estimate of drug-likeness (QED) is 0.794. The number of nitrogens with one attached hydrogen (secondary N) is 1. The summed E-state index contributed by atoms with van der Waals surface area (Å²) in [5, 5.41) is 4.53. The van der Waals surface area contributed by atoms with Gasteiger partial charge in [0.05, 0.1) is 10.0 Å². The van der Waals surface area contributed by atoms with Crippen molar-refractivity contribution in [3.63, 3.8) is 0 Å². The monoisotopic (exact) mass is 255 g/mol. The van der Waals surface area contributed by atoms with Crippen LogP contribution in [0.25, 0.3) is 0 Å². The molecule has 86 valence electrons. The molecule has 0 spiro atoms. The second-order valence-electron chi connectivity index (χ2n) is 3.62. The fraction of sp³-hybridized carbons (Fsp3) is 0.385. The van der Waals surface area contributed by atoms with Gasteiger partial charge in [-0.1, -0.05) is 36.2 Å². The Morgan fingerprint density at radius 2 is 2.12 bits per heavy atom. The summed E-state index contributed by atoms with van der Waals surface area (Å²) in [4.78, 5) is 0. The van der Waals surface area contributed by atoms with E-state index in [4.69, 9.17) is 29.6 Å². The van der Waals surface area contributed by atoms with Crippen molar-refractivity contribution < 1.29 is 0 Å². The predicted octanol–water partition coefficient (Wildman–Crippen LogP) is 3.54. The Bertz CT molecular complexity index is 382. The second-order valence-corrected chi connectivity index (χ2v) is 4.43. The van der Waals surface area contributed by atoms with Gasteiger partial charge in [-0.25, -0.2) is 0 Å². The van der Waals surface area contributed by atoms with E-state index in [1.54, 1.807) is 0 Å². The fourth-order valence-electron chi connectivity index (χ4n) is 1.60. The molecule has 0 saturated heterocycles. The number of terminal acetylenes is 1. The summed E-state index contributed by atoms with van der Waals surface area (Å²) >= 11 is 11.8. The molecule has 1 unspecified atom stereocenters. The number of hydrogen-bond donors (Lipinski definition) is 1. The molecule has 1 aromatic carbocycles. The van der Waals surface area contributed by atoms with E-state index >= 15 is 0 Å². The van der Waals surface area contributed by atoms with Crippen LogP contribution in [0.1, 0.15) is 18.9 Å². The molecule has 0 heterocycles. The average Bonchev–Trinajstić information content (AvgIpc) is 2.24. The fourth-order valence-corrected chi connectivity index (χ4v) is 1.92. The number of halogens is 2. The minimum Gasteiger partial charge on any atom is -0.313 e. The Morgan fingerprint density at radius 1 is 1.38 bits per heavy atom. The third-order valence-corrected chi connectivity index (χ3v) is 3.06. The van der Waals surface area contributed by atoms with Gasteiger partial charge in [0.25, 0.3) is 0 Å². The summed E-state index contributed by atoms with van der Waals surface area (Å²) in [5.74, 6) is 2.68. The zero-order valence-electron chi connectivity index (χ0n) is 9.26. The topological polar surface area (TPSA) is 12.0 Å². The van der Waals surface area contributed by atoms with E-state index in [-0.39, 0.29) is 0 Å². The lowest BCUT2D eigenvalue weighted by Crippen LogP contribution is -2.30. The van der Waals surface area contributed by atoms with E-state index in [0.717, 1.165) is 18.5 Å². The molecule has 0 fully saturated rings. The van der Waals surface area contributed by atoms with E-state index in [0.29, 0.717) is 22.5 Å². The SMILES string of the molecule is C#CCC(Cc1ccc(Cl)c(Cl)c1)NCC. The first kappa shape index (κ1) is 13.4. The van der Waals surface area contributed by atoms with Gasteiger partial charge in [0, 0.05) is 12.5 Å². The molecule has 0 bridgehead atoms. The molecular formula is C13H15Cl2N. The lowest BCUT2D eigenvalue weighted by molar-refractivity contribution is 0.535. The number of hydrogen-bond acceptors (Lipinski definition) is 1. The summed E-state index contributed by atoms with van der Waals surface area (Å²) in [7, 11) is 0. The highest BCUT2D eigenvalue weighted by Crippen LogP contribution is 2.23. The van der Waals surface area contributed by atoms with E-state index in [2.05, 4.69) is 18.2 Å². The van der Waals surface area contributed by atoms with Crippen molar-refractivity contribution in [3.05, 3.63) is 33.8 Å². The van der Waals surface area contributed by atoms with Crippen LogP contribution in [0.4, 0.5) is 0 Å². The van der Waals surface area contributed by atoms with Crippen LogP contribution >= 0.6 is 23.2 Å². The van der Waals surface area contributed by atoms with Gasteiger partial charge >= 0.3 is 0 Å². The van der Waals surface area contributed by atoms with Gasteiger partial charge in [0.2, 0.25) is 0 Å². The summed E-state index contributed by atoms with van der Waals surface area (Å²) < 4.78 is 0. The first-order valence-corrected chi connectivity index (χ1v) is 6.03. The molecule has 1 N–H and O–H groups in total. The average molecular weight is 256 g/mol. The summed E-state index contributed by atoms with van der Waals surface area (Å²) in [5.41, 5.74) is 1.15. The van der Waals surface area contributed by atoms with Gasteiger partial charge in [-0.15, -0.1) is 12.3 Å². The van der Waals surface area contributed by atoms with E-state index in [9.17, 15) is 0 Å². The second kappa shape index (κ2) is 6.81. The van der Waals surface area contributed by atoms with Crippen LogP contribution in [0.15, 0.2) is 18.2 Å². The number of likely N-dealkylation sites (N-methyl/N-ethyl adjacent to an activating group) is 1. The molecule has 0 radical (unpaired) electrons. The lowest BCUT2D eigenvalue weighted by Gasteiger charge is -2.15. The van der Waals surface area contributed by atoms with Gasteiger partial charge in [0.15, 0.2) is 0 Å². The van der Waals surface area contributed by atoms with Crippen LogP contribution in [-0.4, -0.2) is 12.6 Å². The third kappa shape index (κ3) is 4.06. The molecule has 16 heavy (non-hydrogen) atoms. The molecule has 1 rings (SSSR count). The Balaban J connectivity index is 2.69. The summed E-state index contributed by atoms with van der Waals surface area (Å²) in [6.45, 7) is 2.98. The van der Waals surface area contributed by atoms with Crippen molar-refractivity contribution in [1.82, 2.24) is 5.32 Å². The van der Waals surface area contributed by atoms with E-state index in [1.807, 2.05) is 18.2 Å². The molecule has 0 aliphatic rings. The molecule has 0 aliphatic carbocycles. The molecule has 1 atom stereocenters. The normalized spacial score (nSPS) is 12.1. The zero-order valence-corrected chi connectivity index (χ0v) is 10.8. The molecule has 0 aliphatic heterocycles. The van der Waals surface area contributed by atoms with Gasteiger partial charge in [-0.3, -0.25) is 0 Å². The van der Waals surface area contributed by atoms with Gasteiger partial charge < -0.3 is 5.32 Å². The van der Waals surface area contributed by atoms with Crippen LogP contribution in [0.5, 0.6) is 0 Å². The maximum Gasteiger partial charge on any atom is 0.0595 e. The Hall–Kier alpha value is -0.680. The highest BCUT2D eigenvalue weighted by Gasteiger charge is 2.08. The van der Waals surface area contributed by atoms with Crippen LogP contribution in [-0.2, 0) is 6.42 Å². The maximum absolute atomic E-state index is 5.96. The molecule has 1 nitrogen and oxygen atoms in total. The van der Waals surface area contributed by atoms with Crippen LogP contribution < -0.4 is 5.32 Å². The maximum atomic E-state index is 5.96. The highest BCUT2D eigenvalue weighted by molar-refractivity contribution is 6.42. The Kier molecular flexibility index (Phi) is 5.69. The van der Waals surface area contributed by atoms with Crippen LogP contribution in [0.3, 0.4) is 0 Å². The molecule has 0 aromatic heterocycles. The third-order valence-electron chi connectivity index (χ3n) is 2.32. The Labute approximate surface area is 107 Å². The van der Waals surface area contributed by atoms with Gasteiger partial charge in [-0.05, 0) is 30.7 Å². The minimum absolute atomic E-state index is 0.298. The van der Waals surface area contributed by atoms with Crippen molar-refractivity contribution in [2.45, 2.75) is 25.8 Å². The number of benzene rings is 1. The molecule has 1 aromatic rings. The molecular weight excluding hydrogens is 241 g/mol. The van der Waals surface area contributed by atoms with Gasteiger partial charge in [-0.2, -0.15) is 0 Å². The van der Waals surface area contributed by atoms with Crippen molar-refractivity contribution in [2.75, 3.05) is 6.54 Å². The molecule has 0 saturated carbocycles. The predicted molar refractivity (Wildman–Crippen MR) is 71.1 cm³/mol. The Morgan fingerprint density at radius 3 is 2.69 bits per heavy atom. The van der Waals surface area contributed by atoms with Crippen LogP contribution in [0, 0.1) is 12.3 Å². The molecule has 0 amide bonds. The smallest absolute Gasteiger partial charge is 0.0595 e. The van der Waals surface area contributed by atoms with Crippen molar-refractivity contribution in [1.29, 1.82) is 0 Å². The highest BCUT2D eigenvalue weighted by atomic mass is 35.5. The van der Waals surface area contributed by atoms with Crippen molar-refractivity contribution in [3.8, 4) is 12.3 Å². The molecule has 3 heteroatoms. The standard InChI is InChI=1S/C13H15Cl2N/c1-3-5-11(16-4-2)8-10-6-7-12(14)13(15)9-10/h1,6-7,9,11,16H,4-5,8H2,2H3. The van der Waals surface area contributed by atoms with Crippen molar-refractivity contribution in [2.24, 2.45) is 0 Å². The number of rotatable bonds is 5. The minimum atomic E-state index is 0.298. The van der Waals surface area contributed by atoms with Gasteiger partial charge in [0.1, 0.15) is 0 Å².